The minimum Gasteiger partial charge on any atom is -0.481 e. The highest BCUT2D eigenvalue weighted by Gasteiger charge is 2.26. The van der Waals surface area contributed by atoms with Crippen molar-refractivity contribution in [3.05, 3.63) is 34.3 Å². The summed E-state index contributed by atoms with van der Waals surface area (Å²) in [6.07, 6.45) is 4.33. The van der Waals surface area contributed by atoms with E-state index in [4.69, 9.17) is 5.11 Å². The Morgan fingerprint density at radius 3 is 3.04 bits per heavy atom. The van der Waals surface area contributed by atoms with Crippen LogP contribution in [0.1, 0.15) is 41.0 Å². The van der Waals surface area contributed by atoms with E-state index in [-0.39, 0.29) is 18.2 Å². The molecule has 7 nitrogen and oxygen atoms in total. The van der Waals surface area contributed by atoms with Crippen LogP contribution in [0.15, 0.2) is 23.7 Å². The van der Waals surface area contributed by atoms with E-state index in [1.165, 1.54) is 0 Å². The first kappa shape index (κ1) is 16.6. The molecule has 2 aromatic rings. The van der Waals surface area contributed by atoms with Gasteiger partial charge in [0, 0.05) is 24.4 Å². The van der Waals surface area contributed by atoms with E-state index < -0.39 is 5.97 Å². The average molecular weight is 348 g/mol. The van der Waals surface area contributed by atoms with E-state index in [2.05, 4.69) is 10.3 Å². The summed E-state index contributed by atoms with van der Waals surface area (Å²) in [7, 11) is 0. The first-order valence-corrected chi connectivity index (χ1v) is 8.93. The standard InChI is InChI=1S/C16H20N4O3S/c21-15(22)6-5-12-3-1-7-19(9-12)16(23)14-11-20(18-17-14)10-13-4-2-8-24-13/h2,4,8,11-12H,1,3,5-7,9-10H2,(H,21,22)/t12-/m0/s1. The maximum atomic E-state index is 12.6. The predicted molar refractivity (Wildman–Crippen MR) is 88.9 cm³/mol. The number of hydrogen-bond donors (Lipinski definition) is 1. The lowest BCUT2D eigenvalue weighted by molar-refractivity contribution is -0.137. The van der Waals surface area contributed by atoms with Crippen LogP contribution >= 0.6 is 11.3 Å². The van der Waals surface area contributed by atoms with E-state index in [0.717, 1.165) is 17.7 Å². The van der Waals surface area contributed by atoms with E-state index in [1.54, 1.807) is 27.1 Å². The smallest absolute Gasteiger partial charge is 0.303 e. The van der Waals surface area contributed by atoms with Gasteiger partial charge in [0.2, 0.25) is 0 Å². The summed E-state index contributed by atoms with van der Waals surface area (Å²) in [6, 6.07) is 4.00. The first-order valence-electron chi connectivity index (χ1n) is 8.05. The molecule has 0 bridgehead atoms. The van der Waals surface area contributed by atoms with E-state index in [9.17, 15) is 9.59 Å². The highest BCUT2D eigenvalue weighted by atomic mass is 32.1. The Morgan fingerprint density at radius 2 is 2.29 bits per heavy atom. The number of nitrogens with zero attached hydrogens (tertiary/aromatic N) is 4. The first-order chi connectivity index (χ1) is 11.6. The lowest BCUT2D eigenvalue weighted by atomic mass is 9.93. The number of carboxylic acid groups (broad SMARTS) is 1. The topological polar surface area (TPSA) is 88.3 Å². The van der Waals surface area contributed by atoms with Crippen LogP contribution in [0.2, 0.25) is 0 Å². The number of aliphatic carboxylic acids is 1. The molecule has 1 aliphatic rings. The van der Waals surface area contributed by atoms with Crippen LogP contribution in [-0.4, -0.2) is 50.0 Å². The molecule has 1 fully saturated rings. The summed E-state index contributed by atoms with van der Waals surface area (Å²) in [4.78, 5) is 26.2. The van der Waals surface area contributed by atoms with E-state index >= 15 is 0 Å². The average Bonchev–Trinajstić information content (AvgIpc) is 3.25. The van der Waals surface area contributed by atoms with Gasteiger partial charge in [-0.15, -0.1) is 16.4 Å². The van der Waals surface area contributed by atoms with Crippen molar-refractivity contribution in [2.75, 3.05) is 13.1 Å². The summed E-state index contributed by atoms with van der Waals surface area (Å²) in [5, 5.41) is 18.8. The summed E-state index contributed by atoms with van der Waals surface area (Å²) in [6.45, 7) is 1.91. The number of rotatable bonds is 6. The van der Waals surface area contributed by atoms with Crippen molar-refractivity contribution in [3.8, 4) is 0 Å². The normalized spacial score (nSPS) is 17.8. The molecule has 1 atom stereocenters. The molecule has 2 aromatic heterocycles. The molecular formula is C16H20N4O3S. The third-order valence-electron chi connectivity index (χ3n) is 4.23. The maximum Gasteiger partial charge on any atom is 0.303 e. The number of carboxylic acids is 1. The summed E-state index contributed by atoms with van der Waals surface area (Å²) in [5.41, 5.74) is 0.352. The number of carbonyl (C=O) groups excluding carboxylic acids is 1. The molecule has 128 valence electrons. The second kappa shape index (κ2) is 7.57. The zero-order valence-electron chi connectivity index (χ0n) is 13.3. The summed E-state index contributed by atoms with van der Waals surface area (Å²) < 4.78 is 1.67. The zero-order chi connectivity index (χ0) is 16.9. The summed E-state index contributed by atoms with van der Waals surface area (Å²) >= 11 is 1.64. The molecule has 0 saturated carbocycles. The van der Waals surface area contributed by atoms with Gasteiger partial charge in [0.25, 0.3) is 5.91 Å². The van der Waals surface area contributed by atoms with Gasteiger partial charge < -0.3 is 10.0 Å². The maximum absolute atomic E-state index is 12.6. The number of likely N-dealkylation sites (tertiary alicyclic amines) is 1. The minimum absolute atomic E-state index is 0.118. The van der Waals surface area contributed by atoms with Crippen molar-refractivity contribution < 1.29 is 14.7 Å². The minimum atomic E-state index is -0.782. The number of piperidine rings is 1. The Labute approximate surface area is 143 Å². The lowest BCUT2D eigenvalue weighted by Gasteiger charge is -2.32. The van der Waals surface area contributed by atoms with Crippen molar-refractivity contribution in [3.63, 3.8) is 0 Å². The highest BCUT2D eigenvalue weighted by molar-refractivity contribution is 7.09. The van der Waals surface area contributed by atoms with Gasteiger partial charge in [0.05, 0.1) is 12.7 Å². The van der Waals surface area contributed by atoms with Crippen molar-refractivity contribution >= 4 is 23.2 Å². The van der Waals surface area contributed by atoms with Crippen LogP contribution in [-0.2, 0) is 11.3 Å². The third kappa shape index (κ3) is 4.19. The Bertz CT molecular complexity index is 698. The van der Waals surface area contributed by atoms with Gasteiger partial charge in [-0.05, 0) is 36.6 Å². The Kier molecular flexibility index (Phi) is 5.24. The molecule has 0 aromatic carbocycles. The molecule has 3 heterocycles. The number of aromatic nitrogens is 3. The zero-order valence-corrected chi connectivity index (χ0v) is 14.1. The van der Waals surface area contributed by atoms with Crippen LogP contribution < -0.4 is 0 Å². The van der Waals surface area contributed by atoms with Crippen molar-refractivity contribution in [2.24, 2.45) is 5.92 Å². The van der Waals surface area contributed by atoms with Crippen molar-refractivity contribution in [1.29, 1.82) is 0 Å². The molecule has 1 amide bonds. The largest absolute Gasteiger partial charge is 0.481 e. The van der Waals surface area contributed by atoms with Crippen molar-refractivity contribution in [1.82, 2.24) is 19.9 Å². The van der Waals surface area contributed by atoms with Gasteiger partial charge in [-0.3, -0.25) is 9.59 Å². The quantitative estimate of drug-likeness (QED) is 0.864. The fourth-order valence-electron chi connectivity index (χ4n) is 3.01. The van der Waals surface area contributed by atoms with Gasteiger partial charge in [-0.25, -0.2) is 4.68 Å². The Morgan fingerprint density at radius 1 is 1.42 bits per heavy atom. The molecule has 8 heteroatoms. The molecule has 0 aliphatic carbocycles. The molecular weight excluding hydrogens is 328 g/mol. The number of carbonyl (C=O) groups is 2. The molecule has 1 aliphatic heterocycles. The monoisotopic (exact) mass is 348 g/mol. The lowest BCUT2D eigenvalue weighted by Crippen LogP contribution is -2.40. The van der Waals surface area contributed by atoms with E-state index in [0.29, 0.717) is 31.7 Å². The van der Waals surface area contributed by atoms with Crippen LogP contribution in [0.3, 0.4) is 0 Å². The van der Waals surface area contributed by atoms with Gasteiger partial charge in [0.1, 0.15) is 0 Å². The van der Waals surface area contributed by atoms with Crippen LogP contribution in [0.25, 0.3) is 0 Å². The summed E-state index contributed by atoms with van der Waals surface area (Å²) in [5.74, 6) is -0.651. The van der Waals surface area contributed by atoms with E-state index in [1.807, 2.05) is 17.5 Å². The Hall–Kier alpha value is -2.22. The predicted octanol–water partition coefficient (Wildman–Crippen LogP) is 2.10. The van der Waals surface area contributed by atoms with Gasteiger partial charge in [-0.1, -0.05) is 11.3 Å². The van der Waals surface area contributed by atoms with Crippen molar-refractivity contribution in [2.45, 2.75) is 32.2 Å². The van der Waals surface area contributed by atoms with Crippen LogP contribution in [0, 0.1) is 5.92 Å². The number of thiophene rings is 1. The SMILES string of the molecule is O=C(O)CC[C@@H]1CCCN(C(=O)c2cn(Cc3cccs3)nn2)C1. The Balaban J connectivity index is 1.59. The van der Waals surface area contributed by atoms with Crippen LogP contribution in [0.4, 0.5) is 0 Å². The molecule has 1 saturated heterocycles. The second-order valence-electron chi connectivity index (χ2n) is 6.07. The molecule has 0 spiro atoms. The third-order valence-corrected chi connectivity index (χ3v) is 5.09. The fourth-order valence-corrected chi connectivity index (χ4v) is 3.71. The number of hydrogen-bond acceptors (Lipinski definition) is 5. The van der Waals surface area contributed by atoms with Gasteiger partial charge in [-0.2, -0.15) is 0 Å². The molecule has 0 radical (unpaired) electrons. The molecule has 1 N–H and O–H groups in total. The second-order valence-corrected chi connectivity index (χ2v) is 7.10. The molecule has 3 rings (SSSR count). The van der Waals surface area contributed by atoms with Crippen LogP contribution in [0.5, 0.6) is 0 Å². The molecule has 0 unspecified atom stereocenters. The number of amides is 1. The fraction of sp³-hybridized carbons (Fsp3) is 0.500. The molecule has 24 heavy (non-hydrogen) atoms. The highest BCUT2D eigenvalue weighted by Crippen LogP contribution is 2.22. The van der Waals surface area contributed by atoms with Gasteiger partial charge >= 0.3 is 5.97 Å². The van der Waals surface area contributed by atoms with Gasteiger partial charge in [0.15, 0.2) is 5.69 Å².